The SMILES string of the molecule is Br.Cl.c1ccc2c(c1)CCCC2C1=NCCN1. The zero-order valence-electron chi connectivity index (χ0n) is 9.69. The Hall–Kier alpha value is -0.540. The molecule has 1 unspecified atom stereocenters. The fourth-order valence-electron chi connectivity index (χ4n) is 2.69. The first-order chi connectivity index (χ1) is 7.45. The highest BCUT2D eigenvalue weighted by Crippen LogP contribution is 2.32. The molecule has 0 saturated heterocycles. The van der Waals surface area contributed by atoms with Gasteiger partial charge in [-0.15, -0.1) is 29.4 Å². The van der Waals surface area contributed by atoms with Crippen LogP contribution in [0.3, 0.4) is 0 Å². The van der Waals surface area contributed by atoms with Crippen LogP contribution in [0.1, 0.15) is 29.9 Å². The van der Waals surface area contributed by atoms with E-state index in [2.05, 4.69) is 34.6 Å². The number of benzene rings is 1. The molecule has 2 aliphatic rings. The Morgan fingerprint density at radius 1 is 1.24 bits per heavy atom. The Morgan fingerprint density at radius 2 is 2.06 bits per heavy atom. The van der Waals surface area contributed by atoms with Crippen LogP contribution in [-0.4, -0.2) is 18.9 Å². The number of aliphatic imine (C=N–C) groups is 1. The zero-order chi connectivity index (χ0) is 10.1. The minimum atomic E-state index is 0. The average molecular weight is 318 g/mol. The van der Waals surface area contributed by atoms with Crippen LogP contribution in [0.4, 0.5) is 0 Å². The maximum Gasteiger partial charge on any atom is 0.104 e. The van der Waals surface area contributed by atoms with E-state index < -0.39 is 0 Å². The number of nitrogens with zero attached hydrogens (tertiary/aromatic N) is 1. The Morgan fingerprint density at radius 3 is 2.82 bits per heavy atom. The van der Waals surface area contributed by atoms with Gasteiger partial charge in [0.25, 0.3) is 0 Å². The topological polar surface area (TPSA) is 24.4 Å². The van der Waals surface area contributed by atoms with Crippen LogP contribution in [-0.2, 0) is 6.42 Å². The number of halogens is 2. The molecule has 94 valence electrons. The van der Waals surface area contributed by atoms with Crippen LogP contribution in [0.15, 0.2) is 29.3 Å². The van der Waals surface area contributed by atoms with Gasteiger partial charge < -0.3 is 5.32 Å². The van der Waals surface area contributed by atoms with Crippen molar-refractivity contribution >= 4 is 35.2 Å². The molecule has 1 aromatic carbocycles. The molecule has 1 atom stereocenters. The van der Waals surface area contributed by atoms with Crippen molar-refractivity contribution in [2.75, 3.05) is 13.1 Å². The lowest BCUT2D eigenvalue weighted by molar-refractivity contribution is 0.641. The molecule has 0 amide bonds. The standard InChI is InChI=1S/C13H16N2.BrH.ClH/c1-2-6-11-10(4-1)5-3-7-12(11)13-14-8-9-15-13;;/h1-2,4,6,12H,3,5,7-9H2,(H,14,15);2*1H. The van der Waals surface area contributed by atoms with Gasteiger partial charge in [-0.2, -0.15) is 0 Å². The second-order valence-electron chi connectivity index (χ2n) is 4.34. The van der Waals surface area contributed by atoms with Crippen LogP contribution in [0.25, 0.3) is 0 Å². The van der Waals surface area contributed by atoms with Crippen molar-refractivity contribution < 1.29 is 0 Å². The normalized spacial score (nSPS) is 21.4. The lowest BCUT2D eigenvalue weighted by atomic mass is 9.82. The summed E-state index contributed by atoms with van der Waals surface area (Å²) < 4.78 is 0. The van der Waals surface area contributed by atoms with Crippen LogP contribution < -0.4 is 5.32 Å². The summed E-state index contributed by atoms with van der Waals surface area (Å²) in [5, 5.41) is 3.42. The van der Waals surface area contributed by atoms with Gasteiger partial charge in [0.15, 0.2) is 0 Å². The van der Waals surface area contributed by atoms with Crippen molar-refractivity contribution in [2.24, 2.45) is 4.99 Å². The van der Waals surface area contributed by atoms with Crippen molar-refractivity contribution in [1.82, 2.24) is 5.32 Å². The summed E-state index contributed by atoms with van der Waals surface area (Å²) in [6.45, 7) is 1.97. The largest absolute Gasteiger partial charge is 0.371 e. The predicted octanol–water partition coefficient (Wildman–Crippen LogP) is 3.11. The third-order valence-electron chi connectivity index (χ3n) is 3.40. The van der Waals surface area contributed by atoms with E-state index in [1.807, 2.05) is 0 Å². The van der Waals surface area contributed by atoms with Crippen LogP contribution in [0, 0.1) is 0 Å². The summed E-state index contributed by atoms with van der Waals surface area (Å²) in [5.74, 6) is 1.76. The van der Waals surface area contributed by atoms with Gasteiger partial charge in [0.2, 0.25) is 0 Å². The molecule has 1 aliphatic carbocycles. The molecule has 17 heavy (non-hydrogen) atoms. The van der Waals surface area contributed by atoms with E-state index in [1.165, 1.54) is 36.2 Å². The van der Waals surface area contributed by atoms with Gasteiger partial charge in [-0.25, -0.2) is 0 Å². The van der Waals surface area contributed by atoms with E-state index >= 15 is 0 Å². The highest BCUT2D eigenvalue weighted by molar-refractivity contribution is 8.93. The van der Waals surface area contributed by atoms with E-state index in [-0.39, 0.29) is 29.4 Å². The summed E-state index contributed by atoms with van der Waals surface area (Å²) in [7, 11) is 0. The number of aryl methyl sites for hydroxylation is 1. The van der Waals surface area contributed by atoms with Crippen molar-refractivity contribution in [3.63, 3.8) is 0 Å². The van der Waals surface area contributed by atoms with Gasteiger partial charge in [0, 0.05) is 12.5 Å². The van der Waals surface area contributed by atoms with Gasteiger partial charge in [-0.1, -0.05) is 24.3 Å². The van der Waals surface area contributed by atoms with E-state index in [4.69, 9.17) is 0 Å². The molecule has 1 aliphatic heterocycles. The van der Waals surface area contributed by atoms with Crippen molar-refractivity contribution in [2.45, 2.75) is 25.2 Å². The van der Waals surface area contributed by atoms with Crippen molar-refractivity contribution in [3.8, 4) is 0 Å². The summed E-state index contributed by atoms with van der Waals surface area (Å²) in [5.41, 5.74) is 3.02. The highest BCUT2D eigenvalue weighted by atomic mass is 79.9. The quantitative estimate of drug-likeness (QED) is 0.845. The second-order valence-corrected chi connectivity index (χ2v) is 4.34. The van der Waals surface area contributed by atoms with Crippen LogP contribution in [0.2, 0.25) is 0 Å². The van der Waals surface area contributed by atoms with E-state index in [9.17, 15) is 0 Å². The Labute approximate surface area is 119 Å². The van der Waals surface area contributed by atoms with Crippen LogP contribution in [0.5, 0.6) is 0 Å². The number of hydrogen-bond acceptors (Lipinski definition) is 2. The average Bonchev–Trinajstić information content (AvgIpc) is 2.82. The molecule has 4 heteroatoms. The van der Waals surface area contributed by atoms with E-state index in [0.29, 0.717) is 5.92 Å². The lowest BCUT2D eigenvalue weighted by Crippen LogP contribution is -2.28. The molecule has 0 aromatic heterocycles. The summed E-state index contributed by atoms with van der Waals surface area (Å²) in [6.07, 6.45) is 3.78. The first-order valence-corrected chi connectivity index (χ1v) is 5.81. The first kappa shape index (κ1) is 14.5. The van der Waals surface area contributed by atoms with Crippen LogP contribution >= 0.6 is 29.4 Å². The molecule has 0 saturated carbocycles. The van der Waals surface area contributed by atoms with Gasteiger partial charge in [0.05, 0.1) is 6.54 Å². The molecule has 1 N–H and O–H groups in total. The third kappa shape index (κ3) is 2.83. The first-order valence-electron chi connectivity index (χ1n) is 5.81. The maximum absolute atomic E-state index is 4.56. The molecule has 0 fully saturated rings. The number of fused-ring (bicyclic) bond motifs is 1. The summed E-state index contributed by atoms with van der Waals surface area (Å²) >= 11 is 0. The van der Waals surface area contributed by atoms with E-state index in [1.54, 1.807) is 0 Å². The van der Waals surface area contributed by atoms with Gasteiger partial charge >= 0.3 is 0 Å². The molecule has 0 bridgehead atoms. The minimum absolute atomic E-state index is 0. The lowest BCUT2D eigenvalue weighted by Gasteiger charge is -2.25. The molecular weight excluding hydrogens is 300 g/mol. The second kappa shape index (κ2) is 6.41. The number of nitrogens with one attached hydrogen (secondary N) is 1. The molecule has 0 radical (unpaired) electrons. The molecule has 1 aromatic rings. The monoisotopic (exact) mass is 316 g/mol. The summed E-state index contributed by atoms with van der Waals surface area (Å²) in [6, 6.07) is 8.82. The molecule has 3 rings (SSSR count). The number of amidine groups is 1. The summed E-state index contributed by atoms with van der Waals surface area (Å²) in [4.78, 5) is 4.56. The molecule has 0 spiro atoms. The van der Waals surface area contributed by atoms with E-state index in [0.717, 1.165) is 13.1 Å². The number of hydrogen-bond donors (Lipinski definition) is 1. The molecular formula is C13H18BrClN2. The molecule has 1 heterocycles. The smallest absolute Gasteiger partial charge is 0.104 e. The number of rotatable bonds is 1. The van der Waals surface area contributed by atoms with Gasteiger partial charge in [-0.05, 0) is 30.4 Å². The van der Waals surface area contributed by atoms with Gasteiger partial charge in [-0.3, -0.25) is 4.99 Å². The third-order valence-corrected chi connectivity index (χ3v) is 3.40. The maximum atomic E-state index is 4.56. The van der Waals surface area contributed by atoms with Crippen molar-refractivity contribution in [3.05, 3.63) is 35.4 Å². The Kier molecular flexibility index (Phi) is 5.47. The Bertz CT molecular complexity index is 406. The van der Waals surface area contributed by atoms with Gasteiger partial charge in [0.1, 0.15) is 5.84 Å². The minimum Gasteiger partial charge on any atom is -0.371 e. The molecule has 2 nitrogen and oxygen atoms in total. The Balaban J connectivity index is 0.000000722. The fraction of sp³-hybridized carbons (Fsp3) is 0.462. The van der Waals surface area contributed by atoms with Crippen molar-refractivity contribution in [1.29, 1.82) is 0 Å². The predicted molar refractivity (Wildman–Crippen MR) is 80.0 cm³/mol. The zero-order valence-corrected chi connectivity index (χ0v) is 12.2. The fourth-order valence-corrected chi connectivity index (χ4v) is 2.69. The highest BCUT2D eigenvalue weighted by Gasteiger charge is 2.25.